The number of halogens is 1. The minimum Gasteiger partial charge on any atom is -0.489 e. The summed E-state index contributed by atoms with van der Waals surface area (Å²) >= 11 is 0. The van der Waals surface area contributed by atoms with Gasteiger partial charge in [-0.3, -0.25) is 4.79 Å². The highest BCUT2D eigenvalue weighted by Gasteiger charge is 2.09. The fraction of sp³-hybridized carbons (Fsp3) is 0.417. The van der Waals surface area contributed by atoms with Crippen molar-refractivity contribution in [2.75, 3.05) is 33.7 Å². The zero-order chi connectivity index (χ0) is 21.9. The molecule has 6 nitrogen and oxygen atoms in total. The number of hydrogen-bond donors (Lipinski definition) is 2. The second-order valence-electron chi connectivity index (χ2n) is 7.49. The molecule has 0 aliphatic carbocycles. The summed E-state index contributed by atoms with van der Waals surface area (Å²) < 4.78 is 6.00. The molecule has 0 saturated carbocycles. The number of guanidine groups is 1. The van der Waals surface area contributed by atoms with Crippen LogP contribution in [-0.4, -0.2) is 56.6 Å². The van der Waals surface area contributed by atoms with E-state index in [-0.39, 0.29) is 36.0 Å². The molecule has 31 heavy (non-hydrogen) atoms. The molecular weight excluding hydrogens is 503 g/mol. The second-order valence-corrected chi connectivity index (χ2v) is 7.49. The average molecular weight is 538 g/mol. The Morgan fingerprint density at radius 3 is 2.55 bits per heavy atom. The van der Waals surface area contributed by atoms with Gasteiger partial charge in [-0.25, -0.2) is 4.99 Å². The van der Waals surface area contributed by atoms with E-state index in [1.165, 1.54) is 0 Å². The van der Waals surface area contributed by atoms with E-state index < -0.39 is 0 Å². The fourth-order valence-corrected chi connectivity index (χ4v) is 2.95. The van der Waals surface area contributed by atoms with E-state index in [2.05, 4.69) is 15.6 Å². The van der Waals surface area contributed by atoms with Gasteiger partial charge >= 0.3 is 0 Å². The number of nitrogens with one attached hydrogen (secondary N) is 2. The lowest BCUT2D eigenvalue weighted by atomic mass is 10.1. The van der Waals surface area contributed by atoms with E-state index in [0.29, 0.717) is 12.1 Å². The van der Waals surface area contributed by atoms with Crippen LogP contribution in [0.15, 0.2) is 53.5 Å². The normalized spacial score (nSPS) is 11.8. The number of rotatable bonds is 9. The molecule has 0 radical (unpaired) electrons. The lowest BCUT2D eigenvalue weighted by Crippen LogP contribution is -2.39. The number of para-hydroxylation sites is 1. The van der Waals surface area contributed by atoms with Crippen molar-refractivity contribution in [3.63, 3.8) is 0 Å². The third-order valence-electron chi connectivity index (χ3n) is 4.56. The van der Waals surface area contributed by atoms with Crippen LogP contribution in [0.25, 0.3) is 0 Å². The van der Waals surface area contributed by atoms with Crippen LogP contribution in [0.2, 0.25) is 0 Å². The van der Waals surface area contributed by atoms with Gasteiger partial charge in [-0.15, -0.1) is 24.0 Å². The highest BCUT2D eigenvalue weighted by molar-refractivity contribution is 14.0. The summed E-state index contributed by atoms with van der Waals surface area (Å²) in [6.45, 7) is 8.16. The molecule has 0 aliphatic rings. The Labute approximate surface area is 203 Å². The van der Waals surface area contributed by atoms with E-state index in [1.807, 2.05) is 69.3 Å². The Hall–Kier alpha value is -2.29. The zero-order valence-electron chi connectivity index (χ0n) is 19.1. The number of aryl methyl sites for hydroxylation is 1. The summed E-state index contributed by atoms with van der Waals surface area (Å²) in [4.78, 5) is 18.4. The summed E-state index contributed by atoms with van der Waals surface area (Å²) in [6, 6.07) is 15.8. The van der Waals surface area contributed by atoms with Crippen molar-refractivity contribution in [1.82, 2.24) is 15.5 Å². The second kappa shape index (κ2) is 13.9. The summed E-state index contributed by atoms with van der Waals surface area (Å²) in [6.07, 6.45) is 0.768. The van der Waals surface area contributed by atoms with Crippen LogP contribution in [0.1, 0.15) is 35.3 Å². The highest BCUT2D eigenvalue weighted by Crippen LogP contribution is 2.17. The molecule has 2 rings (SSSR count). The van der Waals surface area contributed by atoms with Gasteiger partial charge in [0.1, 0.15) is 11.9 Å². The minimum absolute atomic E-state index is 0. The molecule has 7 heteroatoms. The van der Waals surface area contributed by atoms with Crippen molar-refractivity contribution in [2.45, 2.75) is 33.3 Å². The molecule has 2 aromatic carbocycles. The van der Waals surface area contributed by atoms with E-state index in [4.69, 9.17) is 4.74 Å². The van der Waals surface area contributed by atoms with Gasteiger partial charge in [0.05, 0.1) is 6.54 Å². The van der Waals surface area contributed by atoms with Crippen molar-refractivity contribution < 1.29 is 9.53 Å². The van der Waals surface area contributed by atoms with Gasteiger partial charge in [0.15, 0.2) is 5.96 Å². The van der Waals surface area contributed by atoms with Crippen LogP contribution in [0.5, 0.6) is 5.75 Å². The van der Waals surface area contributed by atoms with Gasteiger partial charge in [-0.1, -0.05) is 30.3 Å². The topological polar surface area (TPSA) is 66.0 Å². The smallest absolute Gasteiger partial charge is 0.253 e. The molecule has 0 bridgehead atoms. The van der Waals surface area contributed by atoms with Crippen molar-refractivity contribution in [3.8, 4) is 5.75 Å². The molecule has 0 spiro atoms. The molecule has 0 aliphatic heterocycles. The number of nitrogens with zero attached hydrogens (tertiary/aromatic N) is 2. The first-order valence-corrected chi connectivity index (χ1v) is 10.5. The Balaban J connectivity index is 0.00000480. The predicted molar refractivity (Wildman–Crippen MR) is 139 cm³/mol. The summed E-state index contributed by atoms with van der Waals surface area (Å²) in [5, 5.41) is 6.63. The van der Waals surface area contributed by atoms with Gasteiger partial charge in [0, 0.05) is 32.7 Å². The maximum Gasteiger partial charge on any atom is 0.253 e. The van der Waals surface area contributed by atoms with Crippen LogP contribution in [0.3, 0.4) is 0 Å². The number of hydrogen-bond acceptors (Lipinski definition) is 3. The number of carbonyl (C=O) groups excluding carboxylic acids is 1. The van der Waals surface area contributed by atoms with E-state index in [0.717, 1.165) is 42.3 Å². The quantitative estimate of drug-likeness (QED) is 0.289. The van der Waals surface area contributed by atoms with Crippen molar-refractivity contribution in [1.29, 1.82) is 0 Å². The molecule has 1 atom stereocenters. The molecule has 0 aromatic heterocycles. The first-order valence-electron chi connectivity index (χ1n) is 10.5. The Morgan fingerprint density at radius 1 is 1.13 bits per heavy atom. The zero-order valence-corrected chi connectivity index (χ0v) is 21.5. The molecule has 0 heterocycles. The molecule has 0 fully saturated rings. The van der Waals surface area contributed by atoms with Crippen LogP contribution in [-0.2, 0) is 6.42 Å². The Bertz CT molecular complexity index is 855. The van der Waals surface area contributed by atoms with Crippen molar-refractivity contribution >= 4 is 35.8 Å². The van der Waals surface area contributed by atoms with Crippen LogP contribution in [0, 0.1) is 6.92 Å². The van der Waals surface area contributed by atoms with Gasteiger partial charge < -0.3 is 20.3 Å². The molecule has 1 amide bonds. The number of ether oxygens (including phenoxy) is 1. The average Bonchev–Trinajstić information content (AvgIpc) is 2.73. The van der Waals surface area contributed by atoms with E-state index >= 15 is 0 Å². The number of amides is 1. The molecule has 2 aromatic rings. The monoisotopic (exact) mass is 538 g/mol. The first kappa shape index (κ1) is 26.7. The Kier molecular flexibility index (Phi) is 12.0. The Morgan fingerprint density at radius 2 is 1.87 bits per heavy atom. The standard InChI is InChI=1S/C24H34N4O2.HI/c1-6-25-24(27-17-19(3)30-22-13-8-7-10-18(22)2)26-15-14-20-11-9-12-21(16-20)23(29)28(4)5;/h7-13,16,19H,6,14-15,17H2,1-5H3,(H2,25,26,27);1H. The molecule has 1 unspecified atom stereocenters. The van der Waals surface area contributed by atoms with Gasteiger partial charge in [-0.2, -0.15) is 0 Å². The molecular formula is C24H35IN4O2. The number of carbonyl (C=O) groups is 1. The largest absolute Gasteiger partial charge is 0.489 e. The lowest BCUT2D eigenvalue weighted by molar-refractivity contribution is 0.0827. The predicted octanol–water partition coefficient (Wildman–Crippen LogP) is 3.88. The summed E-state index contributed by atoms with van der Waals surface area (Å²) in [5.74, 6) is 1.67. The molecule has 170 valence electrons. The molecule has 2 N–H and O–H groups in total. The van der Waals surface area contributed by atoms with Crippen LogP contribution >= 0.6 is 24.0 Å². The number of aliphatic imine (C=N–C) groups is 1. The lowest BCUT2D eigenvalue weighted by Gasteiger charge is -2.16. The first-order chi connectivity index (χ1) is 14.4. The van der Waals surface area contributed by atoms with Gasteiger partial charge in [-0.05, 0) is 56.5 Å². The van der Waals surface area contributed by atoms with Gasteiger partial charge in [0.25, 0.3) is 5.91 Å². The maximum absolute atomic E-state index is 12.1. The highest BCUT2D eigenvalue weighted by atomic mass is 127. The van der Waals surface area contributed by atoms with E-state index in [1.54, 1.807) is 19.0 Å². The van der Waals surface area contributed by atoms with E-state index in [9.17, 15) is 4.79 Å². The van der Waals surface area contributed by atoms with Crippen LogP contribution < -0.4 is 15.4 Å². The minimum atomic E-state index is -0.0321. The summed E-state index contributed by atoms with van der Waals surface area (Å²) in [5.41, 5.74) is 2.94. The SMILES string of the molecule is CCNC(=NCC(C)Oc1ccccc1C)NCCc1cccc(C(=O)N(C)C)c1.I. The van der Waals surface area contributed by atoms with Crippen molar-refractivity contribution in [2.24, 2.45) is 4.99 Å². The van der Waals surface area contributed by atoms with Crippen LogP contribution in [0.4, 0.5) is 0 Å². The number of benzene rings is 2. The third kappa shape index (κ3) is 9.16. The summed E-state index contributed by atoms with van der Waals surface area (Å²) in [7, 11) is 3.53. The maximum atomic E-state index is 12.1. The fourth-order valence-electron chi connectivity index (χ4n) is 2.95. The van der Waals surface area contributed by atoms with Gasteiger partial charge in [0.2, 0.25) is 0 Å². The third-order valence-corrected chi connectivity index (χ3v) is 4.56. The molecule has 0 saturated heterocycles. The van der Waals surface area contributed by atoms with Crippen molar-refractivity contribution in [3.05, 3.63) is 65.2 Å².